The third kappa shape index (κ3) is 4.31. The van der Waals surface area contributed by atoms with Gasteiger partial charge in [0, 0.05) is 12.7 Å². The fourth-order valence-corrected chi connectivity index (χ4v) is 3.01. The molecule has 0 bridgehead atoms. The summed E-state index contributed by atoms with van der Waals surface area (Å²) in [6, 6.07) is 2.70. The topological polar surface area (TPSA) is 122 Å². The number of hydrogen-bond donors (Lipinski definition) is 3. The van der Waals surface area contributed by atoms with Crippen molar-refractivity contribution in [1.29, 1.82) is 0 Å². The van der Waals surface area contributed by atoms with Crippen LogP contribution < -0.4 is 14.2 Å². The molecule has 0 aliphatic carbocycles. The van der Waals surface area contributed by atoms with E-state index >= 15 is 0 Å². The maximum atomic E-state index is 12.3. The summed E-state index contributed by atoms with van der Waals surface area (Å²) >= 11 is 0. The molecular formula is C12H17NO7S. The van der Waals surface area contributed by atoms with Crippen LogP contribution in [0.3, 0.4) is 0 Å². The minimum Gasteiger partial charge on any atom is -0.497 e. The van der Waals surface area contributed by atoms with Crippen LogP contribution in [0.4, 0.5) is 0 Å². The molecule has 1 aromatic carbocycles. The minimum absolute atomic E-state index is 0.0523. The number of ether oxygens (including phenoxy) is 2. The molecule has 0 spiro atoms. The molecule has 1 atom stereocenters. The normalized spacial score (nSPS) is 12.7. The van der Waals surface area contributed by atoms with Gasteiger partial charge in [-0.2, -0.15) is 4.72 Å². The molecule has 0 fully saturated rings. The van der Waals surface area contributed by atoms with Gasteiger partial charge in [-0.25, -0.2) is 8.42 Å². The Morgan fingerprint density at radius 1 is 1.33 bits per heavy atom. The highest BCUT2D eigenvalue weighted by Crippen LogP contribution is 2.28. The Kier molecular flexibility index (Phi) is 5.94. The summed E-state index contributed by atoms with van der Waals surface area (Å²) in [5.74, 6) is -1.05. The summed E-state index contributed by atoms with van der Waals surface area (Å²) in [6.07, 6.45) is -0.249. The number of aliphatic carboxylic acids is 1. The van der Waals surface area contributed by atoms with Gasteiger partial charge in [-0.05, 0) is 18.6 Å². The van der Waals surface area contributed by atoms with E-state index in [1.165, 1.54) is 32.4 Å². The number of sulfonamides is 1. The van der Waals surface area contributed by atoms with Gasteiger partial charge in [-0.15, -0.1) is 0 Å². The Morgan fingerprint density at radius 3 is 2.48 bits per heavy atom. The second-order valence-corrected chi connectivity index (χ2v) is 5.72. The quantitative estimate of drug-likeness (QED) is 0.607. The third-order valence-corrected chi connectivity index (χ3v) is 4.17. The smallest absolute Gasteiger partial charge is 0.321 e. The molecule has 9 heteroatoms. The Balaban J connectivity index is 3.20. The average molecular weight is 319 g/mol. The molecule has 0 amide bonds. The molecular weight excluding hydrogens is 302 g/mol. The zero-order chi connectivity index (χ0) is 16.0. The van der Waals surface area contributed by atoms with Crippen LogP contribution in [0.5, 0.6) is 11.5 Å². The molecule has 8 nitrogen and oxygen atoms in total. The van der Waals surface area contributed by atoms with Crippen molar-refractivity contribution in [2.24, 2.45) is 0 Å². The minimum atomic E-state index is -4.15. The first-order chi connectivity index (χ1) is 9.85. The molecule has 0 saturated carbocycles. The SMILES string of the molecule is COc1ccc(OC)c(S(=O)(=O)N[C@@H](CCO)C(=O)O)c1. The summed E-state index contributed by atoms with van der Waals surface area (Å²) in [5, 5.41) is 17.7. The first-order valence-corrected chi connectivity index (χ1v) is 7.42. The number of methoxy groups -OCH3 is 2. The van der Waals surface area contributed by atoms with Crippen molar-refractivity contribution in [3.63, 3.8) is 0 Å². The third-order valence-electron chi connectivity index (χ3n) is 2.67. The lowest BCUT2D eigenvalue weighted by atomic mass is 10.2. The van der Waals surface area contributed by atoms with E-state index in [-0.39, 0.29) is 22.8 Å². The van der Waals surface area contributed by atoms with Crippen molar-refractivity contribution in [2.45, 2.75) is 17.4 Å². The van der Waals surface area contributed by atoms with E-state index < -0.39 is 28.6 Å². The van der Waals surface area contributed by atoms with Crippen LogP contribution in [-0.2, 0) is 14.8 Å². The number of carboxylic acid groups (broad SMARTS) is 1. The number of aliphatic hydroxyl groups excluding tert-OH is 1. The fraction of sp³-hybridized carbons (Fsp3) is 0.417. The zero-order valence-corrected chi connectivity index (χ0v) is 12.4. The number of benzene rings is 1. The average Bonchev–Trinajstić information content (AvgIpc) is 2.45. The lowest BCUT2D eigenvalue weighted by molar-refractivity contribution is -0.139. The van der Waals surface area contributed by atoms with Gasteiger partial charge in [0.1, 0.15) is 22.4 Å². The van der Waals surface area contributed by atoms with Crippen molar-refractivity contribution in [3.05, 3.63) is 18.2 Å². The lowest BCUT2D eigenvalue weighted by Crippen LogP contribution is -2.41. The van der Waals surface area contributed by atoms with Gasteiger partial charge >= 0.3 is 5.97 Å². The summed E-state index contributed by atoms with van der Waals surface area (Å²) in [5.41, 5.74) is 0. The van der Waals surface area contributed by atoms with Crippen LogP contribution >= 0.6 is 0 Å². The van der Waals surface area contributed by atoms with Crippen molar-refractivity contribution < 1.29 is 32.9 Å². The summed E-state index contributed by atoms with van der Waals surface area (Å²) in [7, 11) is -1.48. The summed E-state index contributed by atoms with van der Waals surface area (Å²) < 4.78 is 36.5. The standard InChI is InChI=1S/C12H17NO7S/c1-19-8-3-4-10(20-2)11(7-8)21(17,18)13-9(5-6-14)12(15)16/h3-4,7,9,13-14H,5-6H2,1-2H3,(H,15,16)/t9-/m0/s1. The van der Waals surface area contributed by atoms with E-state index in [1.54, 1.807) is 0 Å². The lowest BCUT2D eigenvalue weighted by Gasteiger charge is -2.16. The Hall–Kier alpha value is -1.84. The zero-order valence-electron chi connectivity index (χ0n) is 11.6. The van der Waals surface area contributed by atoms with Crippen LogP contribution in [0.15, 0.2) is 23.1 Å². The largest absolute Gasteiger partial charge is 0.497 e. The Morgan fingerprint density at radius 2 is 2.00 bits per heavy atom. The number of nitrogens with one attached hydrogen (secondary N) is 1. The van der Waals surface area contributed by atoms with Gasteiger partial charge in [0.15, 0.2) is 0 Å². The van der Waals surface area contributed by atoms with Gasteiger partial charge in [-0.3, -0.25) is 4.79 Å². The van der Waals surface area contributed by atoms with Crippen LogP contribution in [0.1, 0.15) is 6.42 Å². The second-order valence-electron chi connectivity index (χ2n) is 4.04. The number of aliphatic hydroxyl groups is 1. The van der Waals surface area contributed by atoms with Crippen molar-refractivity contribution in [2.75, 3.05) is 20.8 Å². The first-order valence-electron chi connectivity index (χ1n) is 5.93. The van der Waals surface area contributed by atoms with Crippen molar-refractivity contribution >= 4 is 16.0 Å². The molecule has 0 heterocycles. The van der Waals surface area contributed by atoms with Crippen molar-refractivity contribution in [3.8, 4) is 11.5 Å². The van der Waals surface area contributed by atoms with Gasteiger partial charge in [0.05, 0.1) is 14.2 Å². The summed E-state index contributed by atoms with van der Waals surface area (Å²) in [6.45, 7) is -0.464. The molecule has 0 unspecified atom stereocenters. The Bertz CT molecular complexity index is 600. The van der Waals surface area contributed by atoms with E-state index in [9.17, 15) is 13.2 Å². The molecule has 0 aliphatic rings. The number of rotatable bonds is 8. The maximum Gasteiger partial charge on any atom is 0.321 e. The molecule has 0 radical (unpaired) electrons. The van der Waals surface area contributed by atoms with Crippen LogP contribution in [0, 0.1) is 0 Å². The monoisotopic (exact) mass is 319 g/mol. The molecule has 1 aromatic rings. The van der Waals surface area contributed by atoms with Gasteiger partial charge < -0.3 is 19.7 Å². The highest BCUT2D eigenvalue weighted by Gasteiger charge is 2.27. The Labute approximate surface area is 122 Å². The van der Waals surface area contributed by atoms with Crippen LogP contribution in [-0.4, -0.2) is 51.5 Å². The molecule has 3 N–H and O–H groups in total. The van der Waals surface area contributed by atoms with Crippen LogP contribution in [0.2, 0.25) is 0 Å². The number of carboxylic acids is 1. The van der Waals surface area contributed by atoms with E-state index in [4.69, 9.17) is 19.7 Å². The van der Waals surface area contributed by atoms with E-state index in [2.05, 4.69) is 0 Å². The molecule has 0 aliphatic heterocycles. The van der Waals surface area contributed by atoms with E-state index in [0.717, 1.165) is 0 Å². The number of hydrogen-bond acceptors (Lipinski definition) is 6. The van der Waals surface area contributed by atoms with Crippen LogP contribution in [0.25, 0.3) is 0 Å². The molecule has 0 aromatic heterocycles. The van der Waals surface area contributed by atoms with E-state index in [0.29, 0.717) is 0 Å². The molecule has 118 valence electrons. The highest BCUT2D eigenvalue weighted by atomic mass is 32.2. The fourth-order valence-electron chi connectivity index (χ4n) is 1.61. The highest BCUT2D eigenvalue weighted by molar-refractivity contribution is 7.89. The van der Waals surface area contributed by atoms with Gasteiger partial charge in [-0.1, -0.05) is 0 Å². The molecule has 0 saturated heterocycles. The molecule has 21 heavy (non-hydrogen) atoms. The maximum absolute atomic E-state index is 12.3. The first kappa shape index (κ1) is 17.2. The predicted octanol–water partition coefficient (Wildman–Crippen LogP) is -0.182. The molecule has 1 rings (SSSR count). The summed E-state index contributed by atoms with van der Waals surface area (Å²) in [4.78, 5) is 10.7. The predicted molar refractivity (Wildman–Crippen MR) is 73.0 cm³/mol. The van der Waals surface area contributed by atoms with Gasteiger partial charge in [0.2, 0.25) is 10.0 Å². The van der Waals surface area contributed by atoms with Gasteiger partial charge in [0.25, 0.3) is 0 Å². The van der Waals surface area contributed by atoms with E-state index in [1.807, 2.05) is 4.72 Å². The number of carbonyl (C=O) groups is 1. The van der Waals surface area contributed by atoms with Crippen molar-refractivity contribution in [1.82, 2.24) is 4.72 Å². The second kappa shape index (κ2) is 7.25.